The van der Waals surface area contributed by atoms with E-state index in [1.807, 2.05) is 80.3 Å². The molecule has 0 bridgehead atoms. The number of hydrogen-bond donors (Lipinski definition) is 0. The zero-order valence-electron chi connectivity index (χ0n) is 18.2. The van der Waals surface area contributed by atoms with Crippen molar-refractivity contribution in [2.24, 2.45) is 0 Å². The molecule has 30 heavy (non-hydrogen) atoms. The molecule has 0 heterocycles. The molecule has 3 aromatic rings. The average molecular weight is 474 g/mol. The number of ether oxygens (including phenoxy) is 2. The van der Waals surface area contributed by atoms with Gasteiger partial charge in [-0.15, -0.1) is 0 Å². The topological polar surface area (TPSA) is 21.7 Å². The maximum absolute atomic E-state index is 14.8. The van der Waals surface area contributed by atoms with Gasteiger partial charge in [-0.3, -0.25) is 0 Å². The van der Waals surface area contributed by atoms with Gasteiger partial charge in [-0.2, -0.15) is 0 Å². The highest BCUT2D eigenvalue weighted by molar-refractivity contribution is 9.10. The van der Waals surface area contributed by atoms with E-state index in [-0.39, 0.29) is 5.82 Å². The zero-order valence-corrected chi connectivity index (χ0v) is 19.8. The lowest BCUT2D eigenvalue weighted by molar-refractivity contribution is 0.414. The lowest BCUT2D eigenvalue weighted by atomic mass is 10.1. The summed E-state index contributed by atoms with van der Waals surface area (Å²) in [5.74, 6) is 1.37. The summed E-state index contributed by atoms with van der Waals surface area (Å²) in [5, 5.41) is 0. The lowest BCUT2D eigenvalue weighted by Gasteiger charge is -2.26. The summed E-state index contributed by atoms with van der Waals surface area (Å²) in [7, 11) is 3.29. The van der Waals surface area contributed by atoms with Gasteiger partial charge in [0.05, 0.1) is 19.9 Å². The predicted octanol–water partition coefficient (Wildman–Crippen LogP) is 7.15. The SMILES string of the molecule is CC.COc1ccc(CN(Cc2ccc(OC)cc2)c2cc(Br)c(C)cc2F)cc1. The van der Waals surface area contributed by atoms with Crippen molar-refractivity contribution in [3.63, 3.8) is 0 Å². The Labute approximate surface area is 187 Å². The molecule has 0 radical (unpaired) electrons. The number of rotatable bonds is 7. The summed E-state index contributed by atoms with van der Waals surface area (Å²) in [4.78, 5) is 2.03. The first-order valence-electron chi connectivity index (χ1n) is 9.96. The number of aryl methyl sites for hydroxylation is 1. The van der Waals surface area contributed by atoms with Gasteiger partial charge in [0.1, 0.15) is 17.3 Å². The lowest BCUT2D eigenvalue weighted by Crippen LogP contribution is -2.23. The van der Waals surface area contributed by atoms with Gasteiger partial charge >= 0.3 is 0 Å². The van der Waals surface area contributed by atoms with Gasteiger partial charge in [0, 0.05) is 17.6 Å². The second-order valence-corrected chi connectivity index (χ2v) is 7.46. The summed E-state index contributed by atoms with van der Waals surface area (Å²) in [6.45, 7) is 7.03. The van der Waals surface area contributed by atoms with Crippen molar-refractivity contribution in [3.8, 4) is 11.5 Å². The van der Waals surface area contributed by atoms with Crippen LogP contribution in [0.4, 0.5) is 10.1 Å². The normalized spacial score (nSPS) is 10.1. The van der Waals surface area contributed by atoms with E-state index >= 15 is 0 Å². The van der Waals surface area contributed by atoms with Crippen LogP contribution in [0.15, 0.2) is 65.1 Å². The number of halogens is 2. The molecule has 0 aliphatic heterocycles. The van der Waals surface area contributed by atoms with E-state index in [0.29, 0.717) is 18.8 Å². The van der Waals surface area contributed by atoms with Crippen molar-refractivity contribution >= 4 is 21.6 Å². The van der Waals surface area contributed by atoms with Gasteiger partial charge < -0.3 is 14.4 Å². The molecule has 0 amide bonds. The van der Waals surface area contributed by atoms with Crippen molar-refractivity contribution in [1.82, 2.24) is 0 Å². The highest BCUT2D eigenvalue weighted by atomic mass is 79.9. The van der Waals surface area contributed by atoms with Crippen molar-refractivity contribution in [3.05, 3.63) is 87.6 Å². The minimum absolute atomic E-state index is 0.234. The Bertz CT molecular complexity index is 878. The molecule has 3 nitrogen and oxygen atoms in total. The molecule has 3 rings (SSSR count). The molecule has 0 saturated heterocycles. The smallest absolute Gasteiger partial charge is 0.146 e. The summed E-state index contributed by atoms with van der Waals surface area (Å²) >= 11 is 3.53. The third-order valence-electron chi connectivity index (χ3n) is 4.63. The van der Waals surface area contributed by atoms with Gasteiger partial charge in [-0.1, -0.05) is 54.0 Å². The Hall–Kier alpha value is -2.53. The van der Waals surface area contributed by atoms with Crippen LogP contribution >= 0.6 is 15.9 Å². The van der Waals surface area contributed by atoms with Crippen LogP contribution in [0.2, 0.25) is 0 Å². The summed E-state index contributed by atoms with van der Waals surface area (Å²) < 4.78 is 26.2. The monoisotopic (exact) mass is 473 g/mol. The van der Waals surface area contributed by atoms with Gasteiger partial charge in [-0.25, -0.2) is 4.39 Å². The van der Waals surface area contributed by atoms with Crippen LogP contribution in [-0.4, -0.2) is 14.2 Å². The van der Waals surface area contributed by atoms with Crippen LogP contribution in [0.25, 0.3) is 0 Å². The fourth-order valence-corrected chi connectivity index (χ4v) is 3.34. The van der Waals surface area contributed by atoms with Gasteiger partial charge in [-0.05, 0) is 60.0 Å². The predicted molar refractivity (Wildman–Crippen MR) is 126 cm³/mol. The van der Waals surface area contributed by atoms with Crippen LogP contribution in [0.5, 0.6) is 11.5 Å². The van der Waals surface area contributed by atoms with E-state index in [0.717, 1.165) is 32.7 Å². The molecule has 0 spiro atoms. The molecule has 5 heteroatoms. The first kappa shape index (κ1) is 23.7. The molecule has 0 aliphatic carbocycles. The second-order valence-electron chi connectivity index (χ2n) is 6.61. The molecule has 0 aromatic heterocycles. The molecule has 0 atom stereocenters. The highest BCUT2D eigenvalue weighted by Crippen LogP contribution is 2.30. The van der Waals surface area contributed by atoms with E-state index in [2.05, 4.69) is 15.9 Å². The van der Waals surface area contributed by atoms with Crippen LogP contribution in [-0.2, 0) is 13.1 Å². The maximum atomic E-state index is 14.8. The van der Waals surface area contributed by atoms with Crippen molar-refractivity contribution in [2.75, 3.05) is 19.1 Å². The molecule has 0 saturated carbocycles. The fourth-order valence-electron chi connectivity index (χ4n) is 3.01. The van der Waals surface area contributed by atoms with Crippen LogP contribution in [0.3, 0.4) is 0 Å². The number of benzene rings is 3. The van der Waals surface area contributed by atoms with Gasteiger partial charge in [0.15, 0.2) is 0 Å². The Morgan fingerprint density at radius 2 is 1.23 bits per heavy atom. The van der Waals surface area contributed by atoms with E-state index < -0.39 is 0 Å². The molecule has 3 aromatic carbocycles. The standard InChI is InChI=1S/C23H23BrFNO2.C2H6/c1-16-12-22(25)23(13-21(16)24)26(14-17-4-8-19(27-2)9-5-17)15-18-6-10-20(28-3)11-7-18;1-2/h4-13H,14-15H2,1-3H3;1-2H3. The second kappa shape index (κ2) is 11.6. The molecule has 0 unspecified atom stereocenters. The van der Waals surface area contributed by atoms with E-state index in [4.69, 9.17) is 9.47 Å². The minimum Gasteiger partial charge on any atom is -0.497 e. The summed E-state index contributed by atoms with van der Waals surface area (Å²) in [6.07, 6.45) is 0. The van der Waals surface area contributed by atoms with Crippen LogP contribution in [0, 0.1) is 12.7 Å². The molecule has 0 N–H and O–H groups in total. The first-order chi connectivity index (χ1) is 14.5. The Morgan fingerprint density at radius 3 is 1.63 bits per heavy atom. The first-order valence-corrected chi connectivity index (χ1v) is 10.8. The van der Waals surface area contributed by atoms with Crippen molar-refractivity contribution in [2.45, 2.75) is 33.9 Å². The van der Waals surface area contributed by atoms with E-state index in [1.54, 1.807) is 20.3 Å². The summed E-state index contributed by atoms with van der Waals surface area (Å²) in [6, 6.07) is 19.1. The molecular weight excluding hydrogens is 445 g/mol. The quantitative estimate of drug-likeness (QED) is 0.363. The van der Waals surface area contributed by atoms with Crippen molar-refractivity contribution in [1.29, 1.82) is 0 Å². The molecular formula is C25H29BrFNO2. The van der Waals surface area contributed by atoms with E-state index in [9.17, 15) is 4.39 Å². The molecule has 160 valence electrons. The largest absolute Gasteiger partial charge is 0.497 e. The minimum atomic E-state index is -0.234. The molecule has 0 fully saturated rings. The maximum Gasteiger partial charge on any atom is 0.146 e. The fraction of sp³-hybridized carbons (Fsp3) is 0.280. The van der Waals surface area contributed by atoms with E-state index in [1.165, 1.54) is 0 Å². The number of methoxy groups -OCH3 is 2. The number of anilines is 1. The zero-order chi connectivity index (χ0) is 22.1. The third kappa shape index (κ3) is 6.23. The average Bonchev–Trinajstić information content (AvgIpc) is 2.78. The van der Waals surface area contributed by atoms with Crippen LogP contribution in [0.1, 0.15) is 30.5 Å². The Balaban J connectivity index is 0.00000155. The number of nitrogens with zero attached hydrogens (tertiary/aromatic N) is 1. The van der Waals surface area contributed by atoms with Crippen molar-refractivity contribution < 1.29 is 13.9 Å². The highest BCUT2D eigenvalue weighted by Gasteiger charge is 2.15. The Morgan fingerprint density at radius 1 is 0.800 bits per heavy atom. The summed E-state index contributed by atoms with van der Waals surface area (Å²) in [5.41, 5.74) is 3.58. The Kier molecular flexibility index (Phi) is 9.18. The number of hydrogen-bond acceptors (Lipinski definition) is 3. The molecule has 0 aliphatic rings. The van der Waals surface area contributed by atoms with Gasteiger partial charge in [0.2, 0.25) is 0 Å². The van der Waals surface area contributed by atoms with Gasteiger partial charge in [0.25, 0.3) is 0 Å². The van der Waals surface area contributed by atoms with Crippen LogP contribution < -0.4 is 14.4 Å². The third-order valence-corrected chi connectivity index (χ3v) is 5.49.